The molecule has 3 nitrogen and oxygen atoms in total. The Morgan fingerprint density at radius 2 is 2.05 bits per heavy atom. The van der Waals surface area contributed by atoms with Gasteiger partial charge in [0.2, 0.25) is 0 Å². The maximum Gasteiger partial charge on any atom is 0.387 e. The highest BCUT2D eigenvalue weighted by Crippen LogP contribution is 2.28. The van der Waals surface area contributed by atoms with Crippen LogP contribution in [0.3, 0.4) is 0 Å². The van der Waals surface area contributed by atoms with Gasteiger partial charge in [-0.3, -0.25) is 0 Å². The summed E-state index contributed by atoms with van der Waals surface area (Å²) >= 11 is 0. The molecule has 114 valence electrons. The van der Waals surface area contributed by atoms with E-state index in [1.165, 1.54) is 12.1 Å². The first-order valence-electron chi connectivity index (χ1n) is 6.59. The van der Waals surface area contributed by atoms with Gasteiger partial charge in [0.05, 0.1) is 0 Å². The van der Waals surface area contributed by atoms with Crippen molar-refractivity contribution in [3.63, 3.8) is 0 Å². The Hall–Kier alpha value is -1.27. The first kappa shape index (κ1) is 16.8. The third-order valence-corrected chi connectivity index (χ3v) is 3.11. The van der Waals surface area contributed by atoms with Crippen LogP contribution in [0.4, 0.5) is 13.2 Å². The highest BCUT2D eigenvalue weighted by Gasteiger charge is 2.18. The average molecular weight is 291 g/mol. The van der Waals surface area contributed by atoms with Crippen LogP contribution in [0.1, 0.15) is 38.3 Å². The van der Waals surface area contributed by atoms with E-state index in [-0.39, 0.29) is 24.4 Å². The highest BCUT2D eigenvalue weighted by atomic mass is 19.3. The lowest BCUT2D eigenvalue weighted by molar-refractivity contribution is -0.0508. The number of ether oxygens (including phenoxy) is 1. The van der Waals surface area contributed by atoms with Crippen LogP contribution >= 0.6 is 0 Å². The molecule has 1 rings (SSSR count). The molecule has 6 heteroatoms. The minimum absolute atomic E-state index is 0.0437. The van der Waals surface area contributed by atoms with Gasteiger partial charge < -0.3 is 15.2 Å². The zero-order valence-electron chi connectivity index (χ0n) is 11.6. The number of aliphatic hydroxyl groups is 1. The second-order valence-electron chi connectivity index (χ2n) is 4.57. The summed E-state index contributed by atoms with van der Waals surface area (Å²) in [5.41, 5.74) is 0.461. The predicted octanol–water partition coefficient (Wildman–Crippen LogP) is 3.24. The van der Waals surface area contributed by atoms with Crippen LogP contribution in [-0.2, 0) is 0 Å². The van der Waals surface area contributed by atoms with Crippen LogP contribution in [0.25, 0.3) is 0 Å². The number of alkyl halides is 2. The van der Waals surface area contributed by atoms with Crippen molar-refractivity contribution in [3.8, 4) is 5.75 Å². The number of nitrogens with one attached hydrogen (secondary N) is 1. The summed E-state index contributed by atoms with van der Waals surface area (Å²) in [5.74, 6) is -0.794. The molecule has 0 aliphatic heterocycles. The molecule has 0 saturated carbocycles. The molecule has 20 heavy (non-hydrogen) atoms. The molecule has 0 saturated heterocycles. The second kappa shape index (κ2) is 8.11. The summed E-state index contributed by atoms with van der Waals surface area (Å²) in [6.07, 6.45) is 1.35. The summed E-state index contributed by atoms with van der Waals surface area (Å²) in [6, 6.07) is 3.35. The number of hydrogen-bond acceptors (Lipinski definition) is 3. The number of rotatable bonds is 8. The van der Waals surface area contributed by atoms with Gasteiger partial charge in [-0.25, -0.2) is 4.39 Å². The van der Waals surface area contributed by atoms with Crippen LogP contribution in [0.2, 0.25) is 0 Å². The molecule has 0 aliphatic carbocycles. The van der Waals surface area contributed by atoms with Crippen molar-refractivity contribution in [1.82, 2.24) is 5.32 Å². The van der Waals surface area contributed by atoms with Crippen molar-refractivity contribution in [2.45, 2.75) is 45.4 Å². The van der Waals surface area contributed by atoms with Gasteiger partial charge in [-0.15, -0.1) is 0 Å². The van der Waals surface area contributed by atoms with Crippen molar-refractivity contribution < 1.29 is 23.0 Å². The van der Waals surface area contributed by atoms with Gasteiger partial charge in [0.1, 0.15) is 11.6 Å². The maximum atomic E-state index is 13.1. The molecular weight excluding hydrogens is 271 g/mol. The molecule has 0 aliphatic rings. The van der Waals surface area contributed by atoms with Crippen molar-refractivity contribution in [1.29, 1.82) is 0 Å². The molecule has 0 bridgehead atoms. The molecule has 1 aromatic rings. The largest absolute Gasteiger partial charge is 0.434 e. The standard InChI is InChI=1S/C14H20F3NO2/c1-3-11(6-7-19)18-9(2)12-5-4-10(15)8-13(12)20-14(16)17/h4-5,8-9,11,14,18-19H,3,6-7H2,1-2H3. The van der Waals surface area contributed by atoms with Crippen LogP contribution < -0.4 is 10.1 Å². The highest BCUT2D eigenvalue weighted by molar-refractivity contribution is 5.36. The topological polar surface area (TPSA) is 41.5 Å². The van der Waals surface area contributed by atoms with E-state index < -0.39 is 12.4 Å². The van der Waals surface area contributed by atoms with E-state index in [1.54, 1.807) is 6.92 Å². The van der Waals surface area contributed by atoms with Gasteiger partial charge in [-0.05, 0) is 25.8 Å². The van der Waals surface area contributed by atoms with E-state index in [4.69, 9.17) is 5.11 Å². The van der Waals surface area contributed by atoms with Gasteiger partial charge in [-0.1, -0.05) is 13.0 Å². The Bertz CT molecular complexity index is 415. The van der Waals surface area contributed by atoms with Crippen molar-refractivity contribution in [3.05, 3.63) is 29.6 Å². The fraction of sp³-hybridized carbons (Fsp3) is 0.571. The first-order valence-corrected chi connectivity index (χ1v) is 6.59. The van der Waals surface area contributed by atoms with E-state index in [9.17, 15) is 13.2 Å². The smallest absolute Gasteiger partial charge is 0.387 e. The van der Waals surface area contributed by atoms with E-state index in [2.05, 4.69) is 10.1 Å². The molecule has 2 unspecified atom stereocenters. The van der Waals surface area contributed by atoms with E-state index >= 15 is 0 Å². The lowest BCUT2D eigenvalue weighted by Crippen LogP contribution is -2.32. The lowest BCUT2D eigenvalue weighted by Gasteiger charge is -2.23. The van der Waals surface area contributed by atoms with Gasteiger partial charge in [0, 0.05) is 30.3 Å². The molecule has 0 radical (unpaired) electrons. The van der Waals surface area contributed by atoms with Gasteiger partial charge in [-0.2, -0.15) is 8.78 Å². The Kier molecular flexibility index (Phi) is 6.81. The Labute approximate surface area is 116 Å². The third kappa shape index (κ3) is 5.02. The number of aliphatic hydroxyl groups excluding tert-OH is 1. The van der Waals surface area contributed by atoms with Crippen molar-refractivity contribution in [2.24, 2.45) is 0 Å². The number of halogens is 3. The van der Waals surface area contributed by atoms with Crippen molar-refractivity contribution in [2.75, 3.05) is 6.61 Å². The quantitative estimate of drug-likeness (QED) is 0.772. The van der Waals surface area contributed by atoms with E-state index in [0.717, 1.165) is 12.5 Å². The Morgan fingerprint density at radius 3 is 2.60 bits per heavy atom. The average Bonchev–Trinajstić information content (AvgIpc) is 2.37. The fourth-order valence-corrected chi connectivity index (χ4v) is 2.07. The van der Waals surface area contributed by atoms with Crippen LogP contribution in [0.5, 0.6) is 5.75 Å². The minimum Gasteiger partial charge on any atom is -0.434 e. The first-order chi connectivity index (χ1) is 9.47. The molecule has 0 aromatic heterocycles. The summed E-state index contributed by atoms with van der Waals surface area (Å²) in [6.45, 7) is 0.789. The molecule has 2 atom stereocenters. The third-order valence-electron chi connectivity index (χ3n) is 3.11. The minimum atomic E-state index is -3.00. The monoisotopic (exact) mass is 291 g/mol. The molecule has 0 spiro atoms. The van der Waals surface area contributed by atoms with Gasteiger partial charge in [0.15, 0.2) is 0 Å². The Morgan fingerprint density at radius 1 is 1.35 bits per heavy atom. The maximum absolute atomic E-state index is 13.1. The Balaban J connectivity index is 2.87. The fourth-order valence-electron chi connectivity index (χ4n) is 2.07. The molecule has 1 aromatic carbocycles. The van der Waals surface area contributed by atoms with E-state index in [0.29, 0.717) is 12.0 Å². The zero-order valence-corrected chi connectivity index (χ0v) is 11.6. The SMILES string of the molecule is CCC(CCO)NC(C)c1ccc(F)cc1OC(F)F. The summed E-state index contributed by atoms with van der Waals surface area (Å²) in [4.78, 5) is 0. The van der Waals surface area contributed by atoms with Crippen molar-refractivity contribution >= 4 is 0 Å². The molecule has 0 heterocycles. The normalized spacial score (nSPS) is 14.3. The van der Waals surface area contributed by atoms with Crippen LogP contribution in [-0.4, -0.2) is 24.4 Å². The zero-order chi connectivity index (χ0) is 15.1. The number of benzene rings is 1. The van der Waals surface area contributed by atoms with Crippen LogP contribution in [0, 0.1) is 5.82 Å². The molecule has 2 N–H and O–H groups in total. The summed E-state index contributed by atoms with van der Waals surface area (Å²) < 4.78 is 42.2. The predicted molar refractivity (Wildman–Crippen MR) is 70.4 cm³/mol. The molecule has 0 amide bonds. The molecular formula is C14H20F3NO2. The number of hydrogen-bond donors (Lipinski definition) is 2. The second-order valence-corrected chi connectivity index (χ2v) is 4.57. The van der Waals surface area contributed by atoms with Gasteiger partial charge >= 0.3 is 6.61 Å². The summed E-state index contributed by atoms with van der Waals surface area (Å²) in [7, 11) is 0. The van der Waals surface area contributed by atoms with Crippen LogP contribution in [0.15, 0.2) is 18.2 Å². The van der Waals surface area contributed by atoms with E-state index in [1.807, 2.05) is 6.92 Å². The van der Waals surface area contributed by atoms with Gasteiger partial charge in [0.25, 0.3) is 0 Å². The summed E-state index contributed by atoms with van der Waals surface area (Å²) in [5, 5.41) is 12.2. The molecule has 0 fully saturated rings. The lowest BCUT2D eigenvalue weighted by atomic mass is 10.0.